The Hall–Kier alpha value is -1.24. The summed E-state index contributed by atoms with van der Waals surface area (Å²) < 4.78 is 0. The van der Waals surface area contributed by atoms with Crippen molar-refractivity contribution in [1.29, 1.82) is 0 Å². The molecule has 0 atom stereocenters. The number of nitrogens with two attached hydrogens (primary N) is 1. The number of rotatable bonds is 1. The van der Waals surface area contributed by atoms with E-state index in [4.69, 9.17) is 5.73 Å². The molecule has 0 aromatic heterocycles. The number of nitrogen functional groups attached to an aromatic ring is 1. The Morgan fingerprint density at radius 2 is 2.23 bits per heavy atom. The van der Waals surface area contributed by atoms with Gasteiger partial charge in [0, 0.05) is 5.69 Å². The standard InChI is InChI=1S/C12H15N/c1-2-3-9-4-5-10-8-11(13)6-7-12(9)10/h3,6-8H,2,4-5,13H2,1H3. The number of allylic oxidation sites excluding steroid dienone is 2. The van der Waals surface area contributed by atoms with Gasteiger partial charge < -0.3 is 5.73 Å². The second-order valence-electron chi connectivity index (χ2n) is 3.55. The minimum absolute atomic E-state index is 0.886. The highest BCUT2D eigenvalue weighted by Crippen LogP contribution is 2.33. The first-order chi connectivity index (χ1) is 6.31. The molecule has 0 radical (unpaired) electrons. The number of hydrogen-bond donors (Lipinski definition) is 1. The van der Waals surface area contributed by atoms with Crippen molar-refractivity contribution < 1.29 is 0 Å². The van der Waals surface area contributed by atoms with Crippen LogP contribution in [0.4, 0.5) is 5.69 Å². The molecule has 0 spiro atoms. The van der Waals surface area contributed by atoms with E-state index in [1.54, 1.807) is 0 Å². The molecule has 0 bridgehead atoms. The van der Waals surface area contributed by atoms with Crippen molar-refractivity contribution in [2.75, 3.05) is 5.73 Å². The first-order valence-corrected chi connectivity index (χ1v) is 4.89. The molecule has 0 fully saturated rings. The van der Waals surface area contributed by atoms with Crippen molar-refractivity contribution in [2.45, 2.75) is 26.2 Å². The van der Waals surface area contributed by atoms with Gasteiger partial charge in [-0.3, -0.25) is 0 Å². The monoisotopic (exact) mass is 173 g/mol. The second-order valence-corrected chi connectivity index (χ2v) is 3.55. The van der Waals surface area contributed by atoms with E-state index < -0.39 is 0 Å². The third kappa shape index (κ3) is 1.46. The minimum Gasteiger partial charge on any atom is -0.399 e. The van der Waals surface area contributed by atoms with Gasteiger partial charge in [-0.05, 0) is 48.1 Å². The summed E-state index contributed by atoms with van der Waals surface area (Å²) >= 11 is 0. The zero-order chi connectivity index (χ0) is 9.26. The first-order valence-electron chi connectivity index (χ1n) is 4.89. The fourth-order valence-electron chi connectivity index (χ4n) is 2.00. The van der Waals surface area contributed by atoms with Crippen LogP contribution in [-0.2, 0) is 6.42 Å². The van der Waals surface area contributed by atoms with E-state index in [0.29, 0.717) is 0 Å². The molecule has 0 aliphatic heterocycles. The molecule has 1 aliphatic rings. The maximum absolute atomic E-state index is 5.73. The summed E-state index contributed by atoms with van der Waals surface area (Å²) in [7, 11) is 0. The molecule has 0 unspecified atom stereocenters. The van der Waals surface area contributed by atoms with Gasteiger partial charge in [0.2, 0.25) is 0 Å². The van der Waals surface area contributed by atoms with Crippen LogP contribution < -0.4 is 5.73 Å². The van der Waals surface area contributed by atoms with Gasteiger partial charge >= 0.3 is 0 Å². The van der Waals surface area contributed by atoms with E-state index in [1.165, 1.54) is 23.1 Å². The summed E-state index contributed by atoms with van der Waals surface area (Å²) in [4.78, 5) is 0. The lowest BCUT2D eigenvalue weighted by molar-refractivity contribution is 1.07. The van der Waals surface area contributed by atoms with Crippen LogP contribution in [0.2, 0.25) is 0 Å². The molecule has 0 heterocycles. The molecule has 1 aliphatic carbocycles. The van der Waals surface area contributed by atoms with Gasteiger partial charge in [-0.25, -0.2) is 0 Å². The maximum atomic E-state index is 5.73. The molecule has 13 heavy (non-hydrogen) atoms. The van der Waals surface area contributed by atoms with Crippen LogP contribution in [0.5, 0.6) is 0 Å². The van der Waals surface area contributed by atoms with Gasteiger partial charge in [-0.1, -0.05) is 19.1 Å². The zero-order valence-corrected chi connectivity index (χ0v) is 8.01. The minimum atomic E-state index is 0.886. The smallest absolute Gasteiger partial charge is 0.0317 e. The molecule has 1 nitrogen and oxygen atoms in total. The number of benzene rings is 1. The summed E-state index contributed by atoms with van der Waals surface area (Å²) in [5, 5.41) is 0. The number of anilines is 1. The van der Waals surface area contributed by atoms with E-state index >= 15 is 0 Å². The molecule has 2 N–H and O–H groups in total. The average molecular weight is 173 g/mol. The fraction of sp³-hybridized carbons (Fsp3) is 0.333. The van der Waals surface area contributed by atoms with E-state index in [-0.39, 0.29) is 0 Å². The van der Waals surface area contributed by atoms with Gasteiger partial charge in [0.05, 0.1) is 0 Å². The quantitative estimate of drug-likeness (QED) is 0.649. The van der Waals surface area contributed by atoms with Gasteiger partial charge in [-0.2, -0.15) is 0 Å². The molecule has 0 saturated carbocycles. The first kappa shape index (κ1) is 8.36. The normalized spacial score (nSPS) is 17.8. The highest BCUT2D eigenvalue weighted by molar-refractivity contribution is 5.74. The van der Waals surface area contributed by atoms with E-state index in [2.05, 4.69) is 25.1 Å². The lowest BCUT2D eigenvalue weighted by Crippen LogP contribution is -1.87. The molecule has 1 aromatic rings. The van der Waals surface area contributed by atoms with Gasteiger partial charge in [0.1, 0.15) is 0 Å². The molecular formula is C12H15N. The zero-order valence-electron chi connectivity index (χ0n) is 8.01. The topological polar surface area (TPSA) is 26.0 Å². The molecule has 68 valence electrons. The number of fused-ring (bicyclic) bond motifs is 1. The highest BCUT2D eigenvalue weighted by atomic mass is 14.5. The summed E-state index contributed by atoms with van der Waals surface area (Å²) in [6.07, 6.45) is 5.79. The largest absolute Gasteiger partial charge is 0.399 e. The van der Waals surface area contributed by atoms with Crippen LogP contribution in [0, 0.1) is 0 Å². The van der Waals surface area contributed by atoms with Crippen LogP contribution in [0.25, 0.3) is 5.57 Å². The van der Waals surface area contributed by atoms with Gasteiger partial charge in [0.25, 0.3) is 0 Å². The maximum Gasteiger partial charge on any atom is 0.0317 e. The molecule has 0 saturated heterocycles. The number of aryl methyl sites for hydroxylation is 1. The lowest BCUT2D eigenvalue weighted by Gasteiger charge is -2.01. The van der Waals surface area contributed by atoms with Crippen molar-refractivity contribution >= 4 is 11.3 Å². The van der Waals surface area contributed by atoms with Crippen LogP contribution in [0.3, 0.4) is 0 Å². The van der Waals surface area contributed by atoms with E-state index in [0.717, 1.165) is 18.5 Å². The Kier molecular flexibility index (Phi) is 2.09. The predicted molar refractivity (Wildman–Crippen MR) is 57.4 cm³/mol. The Bertz CT molecular complexity index is 350. The van der Waals surface area contributed by atoms with Crippen molar-refractivity contribution in [1.82, 2.24) is 0 Å². The van der Waals surface area contributed by atoms with Crippen LogP contribution >= 0.6 is 0 Å². The molecule has 1 aromatic carbocycles. The lowest BCUT2D eigenvalue weighted by atomic mass is 10.1. The Balaban J connectivity index is 2.44. The third-order valence-corrected chi connectivity index (χ3v) is 2.59. The van der Waals surface area contributed by atoms with Crippen LogP contribution in [0.15, 0.2) is 24.3 Å². The molecule has 1 heteroatoms. The summed E-state index contributed by atoms with van der Waals surface area (Å²) in [5.41, 5.74) is 10.9. The van der Waals surface area contributed by atoms with Crippen LogP contribution in [0.1, 0.15) is 30.9 Å². The predicted octanol–water partition coefficient (Wildman–Crippen LogP) is 3.01. The molecular weight excluding hydrogens is 158 g/mol. The van der Waals surface area contributed by atoms with Gasteiger partial charge in [-0.15, -0.1) is 0 Å². The SMILES string of the molecule is CCC=C1CCc2cc(N)ccc21. The second kappa shape index (κ2) is 3.25. The van der Waals surface area contributed by atoms with Crippen molar-refractivity contribution in [2.24, 2.45) is 0 Å². The highest BCUT2D eigenvalue weighted by Gasteiger charge is 2.14. The van der Waals surface area contributed by atoms with E-state index in [1.807, 2.05) is 6.07 Å². The van der Waals surface area contributed by atoms with Crippen molar-refractivity contribution in [3.05, 3.63) is 35.4 Å². The van der Waals surface area contributed by atoms with Crippen molar-refractivity contribution in [3.63, 3.8) is 0 Å². The third-order valence-electron chi connectivity index (χ3n) is 2.59. The van der Waals surface area contributed by atoms with Crippen molar-refractivity contribution in [3.8, 4) is 0 Å². The van der Waals surface area contributed by atoms with Gasteiger partial charge in [0.15, 0.2) is 0 Å². The molecule has 2 rings (SSSR count). The number of hydrogen-bond acceptors (Lipinski definition) is 1. The Labute approximate surface area is 79.3 Å². The Morgan fingerprint density at radius 1 is 1.38 bits per heavy atom. The Morgan fingerprint density at radius 3 is 3.00 bits per heavy atom. The molecule has 0 amide bonds. The summed E-state index contributed by atoms with van der Waals surface area (Å²) in [6.45, 7) is 2.18. The fourth-order valence-corrected chi connectivity index (χ4v) is 2.00. The van der Waals surface area contributed by atoms with E-state index in [9.17, 15) is 0 Å². The van der Waals surface area contributed by atoms with Crippen LogP contribution in [-0.4, -0.2) is 0 Å². The summed E-state index contributed by atoms with van der Waals surface area (Å²) in [6, 6.07) is 6.25. The summed E-state index contributed by atoms with van der Waals surface area (Å²) in [5.74, 6) is 0. The average Bonchev–Trinajstić information content (AvgIpc) is 2.49.